The lowest BCUT2D eigenvalue weighted by Gasteiger charge is -2.13. The van der Waals surface area contributed by atoms with E-state index in [2.05, 4.69) is 4.98 Å². The number of ketones is 1. The Balaban J connectivity index is 1.45. The molecule has 4 rings (SSSR count). The monoisotopic (exact) mass is 523 g/mol. The summed E-state index contributed by atoms with van der Waals surface area (Å²) >= 11 is 11.5. The molecule has 8 heteroatoms. The summed E-state index contributed by atoms with van der Waals surface area (Å²) in [7, 11) is 3.08. The number of nitrogens with zero attached hydrogens (tertiary/aromatic N) is 1. The Hall–Kier alpha value is -3.55. The second-order valence-corrected chi connectivity index (χ2v) is 9.08. The quantitative estimate of drug-likeness (QED) is 0.210. The van der Waals surface area contributed by atoms with Gasteiger partial charge in [-0.15, -0.1) is 0 Å². The normalized spacial score (nSPS) is 10.8. The minimum absolute atomic E-state index is 0.0369. The highest BCUT2D eigenvalue weighted by atomic mass is 35.5. The number of hydrogen-bond donors (Lipinski definition) is 0. The molecule has 4 aromatic rings. The molecule has 0 aliphatic rings. The second-order valence-electron chi connectivity index (χ2n) is 8.10. The largest absolute Gasteiger partial charge is 0.493 e. The molecule has 0 unspecified atom stereocenters. The Morgan fingerprint density at radius 2 is 1.69 bits per heavy atom. The molecular formula is C28H23ClFNO4S. The number of methoxy groups -OCH3 is 2. The fourth-order valence-corrected chi connectivity index (χ4v) is 4.35. The van der Waals surface area contributed by atoms with E-state index in [0.29, 0.717) is 50.0 Å². The highest BCUT2D eigenvalue weighted by Crippen LogP contribution is 2.37. The van der Waals surface area contributed by atoms with E-state index in [9.17, 15) is 9.18 Å². The Labute approximate surface area is 218 Å². The summed E-state index contributed by atoms with van der Waals surface area (Å²) in [6.45, 7) is 0. The summed E-state index contributed by atoms with van der Waals surface area (Å²) in [4.78, 5) is 17.3. The number of halogens is 2. The van der Waals surface area contributed by atoms with Crippen molar-refractivity contribution in [2.45, 2.75) is 19.3 Å². The molecule has 0 aliphatic heterocycles. The minimum atomic E-state index is -0.539. The number of fused-ring (bicyclic) bond motifs is 1. The van der Waals surface area contributed by atoms with E-state index >= 15 is 0 Å². The maximum absolute atomic E-state index is 14.9. The van der Waals surface area contributed by atoms with Crippen LogP contribution in [0.15, 0.2) is 66.9 Å². The van der Waals surface area contributed by atoms with Crippen LogP contribution in [0.1, 0.15) is 17.5 Å². The molecule has 0 atom stereocenters. The van der Waals surface area contributed by atoms with Crippen LogP contribution in [0.3, 0.4) is 0 Å². The van der Waals surface area contributed by atoms with Gasteiger partial charge in [0.2, 0.25) is 0 Å². The lowest BCUT2D eigenvalue weighted by Crippen LogP contribution is -2.11. The first-order chi connectivity index (χ1) is 17.4. The van der Waals surface area contributed by atoms with Gasteiger partial charge in [0.25, 0.3) is 0 Å². The van der Waals surface area contributed by atoms with Gasteiger partial charge in [-0.1, -0.05) is 48.1 Å². The standard InChI is InChI=1S/C28H23ClFNO4S/c1-33-27-15-21-24(16-28(27)34-2)31-10-9-25(21)35-26-8-7-17(12-23(26)30)11-20(36)14-19(32)13-18-5-3-4-6-22(18)29/h3-10,12,15-16H,11,13-14H2,1-2H3. The van der Waals surface area contributed by atoms with Crippen LogP contribution in [0.5, 0.6) is 23.0 Å². The molecule has 1 aromatic heterocycles. The topological polar surface area (TPSA) is 57.7 Å². The van der Waals surface area contributed by atoms with Crippen molar-refractivity contribution in [1.82, 2.24) is 4.98 Å². The number of carbonyl (C=O) groups excluding carboxylic acids is 1. The first-order valence-electron chi connectivity index (χ1n) is 11.1. The number of thiocarbonyl (C=S) groups is 1. The molecule has 0 radical (unpaired) electrons. The molecule has 0 fully saturated rings. The summed E-state index contributed by atoms with van der Waals surface area (Å²) in [6.07, 6.45) is 2.20. The van der Waals surface area contributed by atoms with Crippen LogP contribution in [0.4, 0.5) is 4.39 Å². The number of hydrogen-bond acceptors (Lipinski definition) is 6. The lowest BCUT2D eigenvalue weighted by molar-refractivity contribution is -0.117. The van der Waals surface area contributed by atoms with E-state index in [1.165, 1.54) is 13.2 Å². The van der Waals surface area contributed by atoms with Gasteiger partial charge >= 0.3 is 0 Å². The highest BCUT2D eigenvalue weighted by molar-refractivity contribution is 7.80. The van der Waals surface area contributed by atoms with Crippen LogP contribution in [0, 0.1) is 5.82 Å². The summed E-state index contributed by atoms with van der Waals surface area (Å²) in [5.41, 5.74) is 2.04. The van der Waals surface area contributed by atoms with Crippen molar-refractivity contribution in [2.75, 3.05) is 14.2 Å². The predicted molar refractivity (Wildman–Crippen MR) is 142 cm³/mol. The van der Waals surface area contributed by atoms with Gasteiger partial charge in [0.05, 0.1) is 19.7 Å². The Kier molecular flexibility index (Phi) is 8.13. The SMILES string of the molecule is COc1cc2nccc(Oc3ccc(CC(=S)CC(=O)Cc4ccccc4Cl)cc3F)c2cc1OC. The summed E-state index contributed by atoms with van der Waals surface area (Å²) in [5, 5.41) is 1.20. The third kappa shape index (κ3) is 5.98. The van der Waals surface area contributed by atoms with Gasteiger partial charge in [-0.2, -0.15) is 0 Å². The van der Waals surface area contributed by atoms with Crippen molar-refractivity contribution in [3.8, 4) is 23.0 Å². The minimum Gasteiger partial charge on any atom is -0.493 e. The van der Waals surface area contributed by atoms with Crippen LogP contribution in [0.2, 0.25) is 5.02 Å². The van der Waals surface area contributed by atoms with E-state index in [0.717, 1.165) is 5.56 Å². The van der Waals surface area contributed by atoms with Gasteiger partial charge in [0.1, 0.15) is 11.5 Å². The summed E-state index contributed by atoms with van der Waals surface area (Å²) in [5.74, 6) is 0.950. The van der Waals surface area contributed by atoms with Crippen molar-refractivity contribution in [1.29, 1.82) is 0 Å². The number of pyridine rings is 1. The zero-order valence-electron chi connectivity index (χ0n) is 19.7. The number of benzene rings is 3. The molecular weight excluding hydrogens is 501 g/mol. The lowest BCUT2D eigenvalue weighted by atomic mass is 10.0. The van der Waals surface area contributed by atoms with E-state index in [-0.39, 0.29) is 24.4 Å². The maximum atomic E-state index is 14.9. The van der Waals surface area contributed by atoms with E-state index in [1.54, 1.807) is 49.7 Å². The Morgan fingerprint density at radius 1 is 0.944 bits per heavy atom. The van der Waals surface area contributed by atoms with Crippen molar-refractivity contribution < 1.29 is 23.4 Å². The van der Waals surface area contributed by atoms with Gasteiger partial charge in [0.15, 0.2) is 23.1 Å². The molecule has 0 saturated heterocycles. The molecule has 1 heterocycles. The molecule has 36 heavy (non-hydrogen) atoms. The van der Waals surface area contributed by atoms with E-state index < -0.39 is 5.82 Å². The molecule has 0 amide bonds. The second kappa shape index (κ2) is 11.5. The van der Waals surface area contributed by atoms with Crippen LogP contribution in [0.25, 0.3) is 10.9 Å². The predicted octanol–water partition coefficient (Wildman–Crippen LogP) is 6.95. The van der Waals surface area contributed by atoms with Gasteiger partial charge in [-0.25, -0.2) is 4.39 Å². The number of ether oxygens (including phenoxy) is 3. The van der Waals surface area contributed by atoms with Crippen LogP contribution >= 0.6 is 23.8 Å². The molecule has 3 aromatic carbocycles. The van der Waals surface area contributed by atoms with Gasteiger partial charge in [0, 0.05) is 46.8 Å². The van der Waals surface area contributed by atoms with Gasteiger partial charge in [-0.05, 0) is 41.5 Å². The van der Waals surface area contributed by atoms with Gasteiger partial charge < -0.3 is 14.2 Å². The number of rotatable bonds is 10. The van der Waals surface area contributed by atoms with Crippen LogP contribution in [-0.2, 0) is 17.6 Å². The summed E-state index contributed by atoms with van der Waals surface area (Å²) in [6, 6.07) is 17.0. The fourth-order valence-electron chi connectivity index (χ4n) is 3.82. The Bertz CT molecular complexity index is 1440. The Morgan fingerprint density at radius 3 is 2.42 bits per heavy atom. The molecule has 0 spiro atoms. The number of carbonyl (C=O) groups is 1. The number of aromatic nitrogens is 1. The maximum Gasteiger partial charge on any atom is 0.166 e. The third-order valence-corrected chi connectivity index (χ3v) is 6.22. The first-order valence-corrected chi connectivity index (χ1v) is 11.9. The zero-order chi connectivity index (χ0) is 25.7. The van der Waals surface area contributed by atoms with Crippen molar-refractivity contribution >= 4 is 45.4 Å². The first kappa shape index (κ1) is 25.5. The molecule has 0 aliphatic carbocycles. The van der Waals surface area contributed by atoms with Crippen molar-refractivity contribution in [3.63, 3.8) is 0 Å². The van der Waals surface area contributed by atoms with E-state index in [4.69, 9.17) is 38.0 Å². The summed E-state index contributed by atoms with van der Waals surface area (Å²) < 4.78 is 31.5. The van der Waals surface area contributed by atoms with Gasteiger partial charge in [-0.3, -0.25) is 9.78 Å². The fraction of sp³-hybridized carbons (Fsp3) is 0.179. The van der Waals surface area contributed by atoms with Crippen LogP contribution < -0.4 is 14.2 Å². The molecule has 184 valence electrons. The smallest absolute Gasteiger partial charge is 0.166 e. The van der Waals surface area contributed by atoms with Crippen molar-refractivity contribution in [3.05, 3.63) is 88.8 Å². The average Bonchev–Trinajstić information content (AvgIpc) is 2.86. The average molecular weight is 524 g/mol. The van der Waals surface area contributed by atoms with E-state index in [1.807, 2.05) is 18.2 Å². The van der Waals surface area contributed by atoms with Crippen LogP contribution in [-0.4, -0.2) is 29.9 Å². The van der Waals surface area contributed by atoms with Crippen molar-refractivity contribution in [2.24, 2.45) is 0 Å². The highest BCUT2D eigenvalue weighted by Gasteiger charge is 2.15. The molecule has 0 saturated carbocycles. The molecule has 0 bridgehead atoms. The number of Topliss-reactive ketones (excluding diaryl/α,β-unsaturated/α-hetero) is 1. The zero-order valence-corrected chi connectivity index (χ0v) is 21.3. The molecule has 5 nitrogen and oxygen atoms in total. The molecule has 0 N–H and O–H groups in total. The third-order valence-electron chi connectivity index (χ3n) is 5.56.